The molecule has 1 heterocycles. The van der Waals surface area contributed by atoms with E-state index in [1.807, 2.05) is 0 Å². The quantitative estimate of drug-likeness (QED) is 0.530. The standard InChI is InChI=1S/C14H14N2O4S/c1-3-20-14(17)11-8(2)12(21-13(11)15)9-4-6-10(7-5-9)16(18)19/h4-7H,3,15H2,1-2H3. The van der Waals surface area contributed by atoms with Gasteiger partial charge in [-0.1, -0.05) is 0 Å². The number of nitrogen functional groups attached to an aromatic ring is 1. The van der Waals surface area contributed by atoms with Gasteiger partial charge in [-0.2, -0.15) is 0 Å². The van der Waals surface area contributed by atoms with Crippen LogP contribution >= 0.6 is 11.3 Å². The first-order chi connectivity index (χ1) is 9.95. The third-order valence-corrected chi connectivity index (χ3v) is 4.16. The number of carbonyl (C=O) groups excluding carboxylic acids is 1. The fourth-order valence-electron chi connectivity index (χ4n) is 2.00. The van der Waals surface area contributed by atoms with Crippen molar-refractivity contribution in [1.82, 2.24) is 0 Å². The first-order valence-electron chi connectivity index (χ1n) is 6.26. The lowest BCUT2D eigenvalue weighted by Crippen LogP contribution is -2.07. The van der Waals surface area contributed by atoms with Crippen molar-refractivity contribution in [2.45, 2.75) is 13.8 Å². The predicted molar refractivity (Wildman–Crippen MR) is 81.5 cm³/mol. The molecule has 2 rings (SSSR count). The molecule has 21 heavy (non-hydrogen) atoms. The van der Waals surface area contributed by atoms with Gasteiger partial charge in [-0.15, -0.1) is 11.3 Å². The summed E-state index contributed by atoms with van der Waals surface area (Å²) in [5.74, 6) is -0.447. The summed E-state index contributed by atoms with van der Waals surface area (Å²) in [6.45, 7) is 3.79. The molecule has 0 saturated carbocycles. The number of benzene rings is 1. The molecule has 6 nitrogen and oxygen atoms in total. The number of nitrogens with zero attached hydrogens (tertiary/aromatic N) is 1. The number of hydrogen-bond acceptors (Lipinski definition) is 6. The number of carbonyl (C=O) groups is 1. The van der Waals surface area contributed by atoms with Crippen LogP contribution in [0.5, 0.6) is 0 Å². The summed E-state index contributed by atoms with van der Waals surface area (Å²) in [4.78, 5) is 22.9. The van der Waals surface area contributed by atoms with Gasteiger partial charge in [-0.25, -0.2) is 4.79 Å². The molecule has 0 atom stereocenters. The van der Waals surface area contributed by atoms with Crippen LogP contribution < -0.4 is 5.73 Å². The second-order valence-corrected chi connectivity index (χ2v) is 5.37. The molecule has 0 saturated heterocycles. The number of non-ortho nitro benzene ring substituents is 1. The van der Waals surface area contributed by atoms with Crippen LogP contribution in [0.1, 0.15) is 22.8 Å². The van der Waals surface area contributed by atoms with Crippen LogP contribution in [-0.2, 0) is 4.74 Å². The molecular weight excluding hydrogens is 292 g/mol. The maximum atomic E-state index is 11.9. The zero-order valence-electron chi connectivity index (χ0n) is 11.6. The third kappa shape index (κ3) is 2.87. The molecule has 2 aromatic rings. The Morgan fingerprint density at radius 2 is 2.00 bits per heavy atom. The van der Waals surface area contributed by atoms with Crippen molar-refractivity contribution in [3.8, 4) is 10.4 Å². The van der Waals surface area contributed by atoms with Crippen LogP contribution in [0.4, 0.5) is 10.7 Å². The van der Waals surface area contributed by atoms with Gasteiger partial charge >= 0.3 is 5.97 Å². The van der Waals surface area contributed by atoms with E-state index in [0.29, 0.717) is 10.6 Å². The molecule has 0 spiro atoms. The van der Waals surface area contributed by atoms with E-state index in [0.717, 1.165) is 16.0 Å². The molecule has 110 valence electrons. The van der Waals surface area contributed by atoms with Gasteiger partial charge in [0.25, 0.3) is 5.69 Å². The van der Waals surface area contributed by atoms with Crippen molar-refractivity contribution in [1.29, 1.82) is 0 Å². The van der Waals surface area contributed by atoms with Crippen molar-refractivity contribution < 1.29 is 14.5 Å². The monoisotopic (exact) mass is 306 g/mol. The van der Waals surface area contributed by atoms with E-state index in [1.165, 1.54) is 23.5 Å². The van der Waals surface area contributed by atoms with Crippen molar-refractivity contribution >= 4 is 28.0 Å². The molecule has 7 heteroatoms. The Morgan fingerprint density at radius 1 is 1.38 bits per heavy atom. The van der Waals surface area contributed by atoms with Crippen LogP contribution in [0.2, 0.25) is 0 Å². The third-order valence-electron chi connectivity index (χ3n) is 2.99. The summed E-state index contributed by atoms with van der Waals surface area (Å²) in [6, 6.07) is 6.14. The second kappa shape index (κ2) is 5.92. The normalized spacial score (nSPS) is 10.4. The lowest BCUT2D eigenvalue weighted by Gasteiger charge is -2.03. The summed E-state index contributed by atoms with van der Waals surface area (Å²) in [5.41, 5.74) is 7.80. The van der Waals surface area contributed by atoms with Gasteiger partial charge in [0.1, 0.15) is 5.00 Å². The first-order valence-corrected chi connectivity index (χ1v) is 7.08. The average molecular weight is 306 g/mol. The summed E-state index contributed by atoms with van der Waals surface area (Å²) >= 11 is 1.27. The van der Waals surface area contributed by atoms with E-state index in [1.54, 1.807) is 26.0 Å². The van der Waals surface area contributed by atoms with E-state index in [9.17, 15) is 14.9 Å². The summed E-state index contributed by atoms with van der Waals surface area (Å²) < 4.78 is 4.99. The molecule has 0 fully saturated rings. The Bertz CT molecular complexity index is 692. The Balaban J connectivity index is 2.43. The van der Waals surface area contributed by atoms with E-state index in [4.69, 9.17) is 10.5 Å². The molecule has 0 aliphatic rings. The molecule has 0 aliphatic carbocycles. The molecule has 1 aromatic carbocycles. The summed E-state index contributed by atoms with van der Waals surface area (Å²) in [6.07, 6.45) is 0. The van der Waals surface area contributed by atoms with Crippen LogP contribution in [0.25, 0.3) is 10.4 Å². The average Bonchev–Trinajstić information content (AvgIpc) is 2.74. The van der Waals surface area contributed by atoms with Gasteiger partial charge in [0, 0.05) is 17.0 Å². The highest BCUT2D eigenvalue weighted by Crippen LogP contribution is 2.38. The molecule has 2 N–H and O–H groups in total. The maximum absolute atomic E-state index is 11.9. The van der Waals surface area contributed by atoms with E-state index in [2.05, 4.69) is 0 Å². The number of anilines is 1. The molecule has 1 aromatic heterocycles. The zero-order chi connectivity index (χ0) is 15.6. The van der Waals surface area contributed by atoms with Gasteiger partial charge in [0.2, 0.25) is 0 Å². The molecule has 0 unspecified atom stereocenters. The number of ether oxygens (including phenoxy) is 1. The van der Waals surface area contributed by atoms with Gasteiger partial charge < -0.3 is 10.5 Å². The number of rotatable bonds is 4. The fourth-order valence-corrected chi connectivity index (χ4v) is 3.07. The highest BCUT2D eigenvalue weighted by atomic mass is 32.1. The topological polar surface area (TPSA) is 95.5 Å². The first kappa shape index (κ1) is 15.0. The molecule has 0 amide bonds. The van der Waals surface area contributed by atoms with Gasteiger partial charge in [-0.05, 0) is 37.1 Å². The largest absolute Gasteiger partial charge is 0.462 e. The molecule has 0 radical (unpaired) electrons. The van der Waals surface area contributed by atoms with E-state index in [-0.39, 0.29) is 12.3 Å². The van der Waals surface area contributed by atoms with E-state index < -0.39 is 10.9 Å². The molecule has 0 bridgehead atoms. The highest BCUT2D eigenvalue weighted by molar-refractivity contribution is 7.19. The van der Waals surface area contributed by atoms with Crippen molar-refractivity contribution in [3.63, 3.8) is 0 Å². The van der Waals surface area contributed by atoms with Crippen LogP contribution in [0, 0.1) is 17.0 Å². The summed E-state index contributed by atoms with van der Waals surface area (Å²) in [5, 5.41) is 11.1. The number of thiophene rings is 1. The smallest absolute Gasteiger partial charge is 0.341 e. The number of nitro benzene ring substituents is 1. The van der Waals surface area contributed by atoms with Crippen LogP contribution in [0.15, 0.2) is 24.3 Å². The van der Waals surface area contributed by atoms with Crippen LogP contribution in [-0.4, -0.2) is 17.5 Å². The number of nitro groups is 1. The number of hydrogen-bond donors (Lipinski definition) is 1. The minimum Gasteiger partial charge on any atom is -0.462 e. The number of nitrogens with two attached hydrogens (primary N) is 1. The molecular formula is C14H14N2O4S. The lowest BCUT2D eigenvalue weighted by molar-refractivity contribution is -0.384. The Hall–Kier alpha value is -2.41. The zero-order valence-corrected chi connectivity index (χ0v) is 12.4. The number of esters is 1. The minimum atomic E-state index is -0.455. The SMILES string of the molecule is CCOC(=O)c1c(N)sc(-c2ccc([N+](=O)[O-])cc2)c1C. The summed E-state index contributed by atoms with van der Waals surface area (Å²) in [7, 11) is 0. The Kier molecular flexibility index (Phi) is 4.23. The Labute approximate surface area is 125 Å². The van der Waals surface area contributed by atoms with Crippen molar-refractivity contribution in [3.05, 3.63) is 45.5 Å². The minimum absolute atomic E-state index is 0.0200. The van der Waals surface area contributed by atoms with E-state index >= 15 is 0 Å². The predicted octanol–water partition coefficient (Wildman–Crippen LogP) is 3.39. The van der Waals surface area contributed by atoms with Crippen molar-refractivity contribution in [2.75, 3.05) is 12.3 Å². The van der Waals surface area contributed by atoms with Gasteiger partial charge in [0.05, 0.1) is 17.1 Å². The fraction of sp³-hybridized carbons (Fsp3) is 0.214. The lowest BCUT2D eigenvalue weighted by atomic mass is 10.1. The van der Waals surface area contributed by atoms with Gasteiger partial charge in [0.15, 0.2) is 0 Å². The molecule has 0 aliphatic heterocycles. The Morgan fingerprint density at radius 3 is 2.52 bits per heavy atom. The second-order valence-electron chi connectivity index (χ2n) is 4.32. The maximum Gasteiger partial charge on any atom is 0.341 e. The van der Waals surface area contributed by atoms with Crippen LogP contribution in [0.3, 0.4) is 0 Å². The van der Waals surface area contributed by atoms with Gasteiger partial charge in [-0.3, -0.25) is 10.1 Å². The van der Waals surface area contributed by atoms with Crippen molar-refractivity contribution in [2.24, 2.45) is 0 Å². The highest BCUT2D eigenvalue weighted by Gasteiger charge is 2.21.